The molecule has 26 heavy (non-hydrogen) atoms. The minimum Gasteiger partial charge on any atom is -0.497 e. The van der Waals surface area contributed by atoms with E-state index in [1.807, 2.05) is 24.1 Å². The van der Waals surface area contributed by atoms with E-state index in [1.165, 1.54) is 12.1 Å². The summed E-state index contributed by atoms with van der Waals surface area (Å²) in [5.74, 6) is 0.485. The van der Waals surface area contributed by atoms with Gasteiger partial charge in [0, 0.05) is 30.6 Å². The third-order valence-electron chi connectivity index (χ3n) is 4.04. The number of nitrogens with zero attached hydrogens (tertiary/aromatic N) is 1. The molecule has 1 aromatic heterocycles. The van der Waals surface area contributed by atoms with E-state index in [-0.39, 0.29) is 11.6 Å². The van der Waals surface area contributed by atoms with Crippen LogP contribution in [0.5, 0.6) is 11.5 Å². The summed E-state index contributed by atoms with van der Waals surface area (Å²) in [7, 11) is 3.47. The Balaban J connectivity index is 1.68. The van der Waals surface area contributed by atoms with Crippen molar-refractivity contribution < 1.29 is 18.3 Å². The molecule has 5 nitrogen and oxygen atoms in total. The second kappa shape index (κ2) is 8.01. The van der Waals surface area contributed by atoms with Gasteiger partial charge < -0.3 is 13.9 Å². The molecule has 0 aliphatic carbocycles. The summed E-state index contributed by atoms with van der Waals surface area (Å²) in [5.41, 5.74) is 0.937. The highest BCUT2D eigenvalue weighted by molar-refractivity contribution is 5.81. The number of benzene rings is 2. The molecule has 136 valence electrons. The van der Waals surface area contributed by atoms with Gasteiger partial charge in [-0.3, -0.25) is 4.90 Å². The minimum atomic E-state index is -0.406. The molecule has 0 unspecified atom stereocenters. The number of hydrogen-bond donors (Lipinski definition) is 0. The summed E-state index contributed by atoms with van der Waals surface area (Å²) in [5, 5.41) is 0.854. The van der Waals surface area contributed by atoms with Crippen molar-refractivity contribution >= 4 is 11.0 Å². The molecule has 0 saturated carbocycles. The SMILES string of the molecule is COc1ccc2c(CN(C)CCOc3ccccc3F)cc(=O)oc2c1. The highest BCUT2D eigenvalue weighted by Crippen LogP contribution is 2.23. The fourth-order valence-electron chi connectivity index (χ4n) is 2.71. The molecule has 1 heterocycles. The lowest BCUT2D eigenvalue weighted by Crippen LogP contribution is -2.24. The molecule has 0 amide bonds. The number of ether oxygens (including phenoxy) is 2. The van der Waals surface area contributed by atoms with Gasteiger partial charge in [-0.1, -0.05) is 12.1 Å². The van der Waals surface area contributed by atoms with Gasteiger partial charge in [-0.2, -0.15) is 0 Å². The van der Waals surface area contributed by atoms with Crippen molar-refractivity contribution in [1.82, 2.24) is 4.90 Å². The van der Waals surface area contributed by atoms with Crippen molar-refractivity contribution in [3.8, 4) is 11.5 Å². The fourth-order valence-corrected chi connectivity index (χ4v) is 2.71. The van der Waals surface area contributed by atoms with E-state index in [9.17, 15) is 9.18 Å². The van der Waals surface area contributed by atoms with E-state index in [1.54, 1.807) is 31.4 Å². The molecule has 0 radical (unpaired) electrons. The average Bonchev–Trinajstić information content (AvgIpc) is 2.62. The number of halogens is 1. The van der Waals surface area contributed by atoms with Crippen molar-refractivity contribution in [2.24, 2.45) is 0 Å². The molecule has 0 fully saturated rings. The Bertz CT molecular complexity index is 954. The van der Waals surface area contributed by atoms with Gasteiger partial charge in [-0.05, 0) is 36.9 Å². The van der Waals surface area contributed by atoms with Gasteiger partial charge >= 0.3 is 5.63 Å². The predicted octanol–water partition coefficient (Wildman–Crippen LogP) is 3.45. The van der Waals surface area contributed by atoms with E-state index >= 15 is 0 Å². The maximum absolute atomic E-state index is 13.5. The van der Waals surface area contributed by atoms with E-state index in [0.29, 0.717) is 31.0 Å². The molecule has 2 aromatic carbocycles. The first kappa shape index (κ1) is 17.9. The molecule has 6 heteroatoms. The number of para-hydroxylation sites is 1. The molecular weight excluding hydrogens is 337 g/mol. The van der Waals surface area contributed by atoms with E-state index in [2.05, 4.69) is 0 Å². The van der Waals surface area contributed by atoms with Crippen LogP contribution in [-0.4, -0.2) is 32.2 Å². The zero-order valence-corrected chi connectivity index (χ0v) is 14.7. The first-order valence-corrected chi connectivity index (χ1v) is 8.23. The zero-order chi connectivity index (χ0) is 18.5. The highest BCUT2D eigenvalue weighted by Gasteiger charge is 2.10. The maximum Gasteiger partial charge on any atom is 0.336 e. The van der Waals surface area contributed by atoms with Crippen molar-refractivity contribution in [3.63, 3.8) is 0 Å². The lowest BCUT2D eigenvalue weighted by Gasteiger charge is -2.18. The first-order valence-electron chi connectivity index (χ1n) is 8.23. The Hall–Kier alpha value is -2.86. The van der Waals surface area contributed by atoms with Crippen LogP contribution >= 0.6 is 0 Å². The zero-order valence-electron chi connectivity index (χ0n) is 14.7. The van der Waals surface area contributed by atoms with Crippen LogP contribution in [0.4, 0.5) is 4.39 Å². The Morgan fingerprint density at radius 3 is 2.73 bits per heavy atom. The van der Waals surface area contributed by atoms with E-state index < -0.39 is 5.63 Å². The van der Waals surface area contributed by atoms with Gasteiger partial charge in [0.15, 0.2) is 11.6 Å². The van der Waals surface area contributed by atoms with Crippen molar-refractivity contribution in [2.75, 3.05) is 27.3 Å². The van der Waals surface area contributed by atoms with Gasteiger partial charge in [0.2, 0.25) is 0 Å². The third kappa shape index (κ3) is 4.21. The number of methoxy groups -OCH3 is 1. The summed E-state index contributed by atoms with van der Waals surface area (Å²) >= 11 is 0. The van der Waals surface area contributed by atoms with Crippen molar-refractivity contribution in [3.05, 3.63) is 70.3 Å². The van der Waals surface area contributed by atoms with Crippen LogP contribution < -0.4 is 15.1 Å². The largest absolute Gasteiger partial charge is 0.497 e. The Kier molecular flexibility index (Phi) is 5.53. The van der Waals surface area contributed by atoms with Crippen LogP contribution in [0.15, 0.2) is 57.7 Å². The second-order valence-corrected chi connectivity index (χ2v) is 5.97. The fraction of sp³-hybridized carbons (Fsp3) is 0.250. The molecular formula is C20H20FNO4. The number of hydrogen-bond acceptors (Lipinski definition) is 5. The number of likely N-dealkylation sites (N-methyl/N-ethyl adjacent to an activating group) is 1. The Morgan fingerprint density at radius 1 is 1.15 bits per heavy atom. The van der Waals surface area contributed by atoms with Crippen LogP contribution in [0.25, 0.3) is 11.0 Å². The van der Waals surface area contributed by atoms with Crippen LogP contribution in [0.2, 0.25) is 0 Å². The van der Waals surface area contributed by atoms with Gasteiger partial charge in [-0.15, -0.1) is 0 Å². The highest BCUT2D eigenvalue weighted by atomic mass is 19.1. The molecule has 0 spiro atoms. The summed E-state index contributed by atoms with van der Waals surface area (Å²) in [4.78, 5) is 13.8. The molecule has 0 saturated heterocycles. The van der Waals surface area contributed by atoms with Crippen molar-refractivity contribution in [2.45, 2.75) is 6.54 Å². The second-order valence-electron chi connectivity index (χ2n) is 5.97. The Labute approximate surface area is 150 Å². The lowest BCUT2D eigenvalue weighted by atomic mass is 10.1. The molecule has 0 bridgehead atoms. The Morgan fingerprint density at radius 2 is 1.96 bits per heavy atom. The summed E-state index contributed by atoms with van der Waals surface area (Å²) in [6.07, 6.45) is 0. The van der Waals surface area contributed by atoms with Gasteiger partial charge in [-0.25, -0.2) is 9.18 Å². The number of rotatable bonds is 7. The van der Waals surface area contributed by atoms with E-state index in [4.69, 9.17) is 13.9 Å². The minimum absolute atomic E-state index is 0.235. The molecule has 3 rings (SSSR count). The predicted molar refractivity (Wildman–Crippen MR) is 97.3 cm³/mol. The molecule has 3 aromatic rings. The first-order chi connectivity index (χ1) is 12.6. The molecule has 0 atom stereocenters. The number of fused-ring (bicyclic) bond motifs is 1. The summed E-state index contributed by atoms with van der Waals surface area (Å²) < 4.78 is 29.4. The van der Waals surface area contributed by atoms with Crippen molar-refractivity contribution in [1.29, 1.82) is 0 Å². The lowest BCUT2D eigenvalue weighted by molar-refractivity contribution is 0.227. The molecule has 0 aliphatic heterocycles. The van der Waals surface area contributed by atoms with Crippen LogP contribution in [0, 0.1) is 5.82 Å². The van der Waals surface area contributed by atoms with E-state index in [0.717, 1.165) is 10.9 Å². The average molecular weight is 357 g/mol. The normalized spacial score (nSPS) is 11.1. The topological polar surface area (TPSA) is 51.9 Å². The maximum atomic E-state index is 13.5. The van der Waals surface area contributed by atoms with Gasteiger partial charge in [0.05, 0.1) is 7.11 Å². The quantitative estimate of drug-likeness (QED) is 0.606. The molecule has 0 N–H and O–H groups in total. The standard InChI is InChI=1S/C20H20FNO4/c1-22(9-10-25-18-6-4-3-5-17(18)21)13-14-11-20(23)26-19-12-15(24-2)7-8-16(14)19/h3-8,11-12H,9-10,13H2,1-2H3. The van der Waals surface area contributed by atoms with Crippen LogP contribution in [0.3, 0.4) is 0 Å². The van der Waals surface area contributed by atoms with Crippen LogP contribution in [-0.2, 0) is 6.54 Å². The van der Waals surface area contributed by atoms with Gasteiger partial charge in [0.1, 0.15) is 17.9 Å². The molecule has 0 aliphatic rings. The monoisotopic (exact) mass is 357 g/mol. The summed E-state index contributed by atoms with van der Waals surface area (Å²) in [6, 6.07) is 13.2. The van der Waals surface area contributed by atoms with Gasteiger partial charge in [0.25, 0.3) is 0 Å². The smallest absolute Gasteiger partial charge is 0.336 e. The summed E-state index contributed by atoms with van der Waals surface area (Å²) in [6.45, 7) is 1.45. The third-order valence-corrected chi connectivity index (χ3v) is 4.04. The van der Waals surface area contributed by atoms with Crippen LogP contribution in [0.1, 0.15) is 5.56 Å².